The first-order valence-corrected chi connectivity index (χ1v) is 16.3. The molecule has 0 aliphatic heterocycles. The molecule has 2 aromatic carbocycles. The molecule has 0 radical (unpaired) electrons. The second-order valence-corrected chi connectivity index (χ2v) is 11.4. The van der Waals surface area contributed by atoms with E-state index in [1.54, 1.807) is 18.4 Å². The minimum Gasteiger partial charge on any atom is -1.00 e. The van der Waals surface area contributed by atoms with E-state index in [4.69, 9.17) is 9.47 Å². The van der Waals surface area contributed by atoms with E-state index in [9.17, 15) is 4.79 Å². The Morgan fingerprint density at radius 1 is 0.805 bits per heavy atom. The summed E-state index contributed by atoms with van der Waals surface area (Å²) in [5, 5.41) is 5.02. The summed E-state index contributed by atoms with van der Waals surface area (Å²) in [6, 6.07) is 13.3. The van der Waals surface area contributed by atoms with E-state index in [0.717, 1.165) is 18.5 Å². The van der Waals surface area contributed by atoms with Crippen LogP contribution in [0.4, 0.5) is 5.69 Å². The number of ether oxygens (including phenoxy) is 2. The number of carbonyl (C=O) groups excluding carboxylic acids is 1. The highest BCUT2D eigenvalue weighted by molar-refractivity contribution is 7.07. The molecule has 0 fully saturated rings. The van der Waals surface area contributed by atoms with Crippen LogP contribution in [0, 0.1) is 0 Å². The van der Waals surface area contributed by atoms with E-state index < -0.39 is 0 Å². The normalized spacial score (nSPS) is 10.7. The molecule has 0 bridgehead atoms. The van der Waals surface area contributed by atoms with Crippen LogP contribution in [0.3, 0.4) is 0 Å². The summed E-state index contributed by atoms with van der Waals surface area (Å²) in [5.74, 6) is 1.20. The summed E-state index contributed by atoms with van der Waals surface area (Å²) in [5.41, 5.74) is 4.53. The Hall–Kier alpha value is -2.38. The van der Waals surface area contributed by atoms with Crippen LogP contribution in [-0.2, 0) is 6.54 Å². The van der Waals surface area contributed by atoms with Crippen LogP contribution in [0.1, 0.15) is 113 Å². The molecule has 41 heavy (non-hydrogen) atoms. The molecule has 0 aliphatic rings. The Balaban J connectivity index is 0.00000588. The second kappa shape index (κ2) is 21.3. The molecule has 0 spiro atoms. The van der Waals surface area contributed by atoms with E-state index in [-0.39, 0.29) is 22.9 Å². The van der Waals surface area contributed by atoms with Gasteiger partial charge >= 0.3 is 0 Å². The van der Waals surface area contributed by atoms with Gasteiger partial charge in [0.2, 0.25) is 5.51 Å². The summed E-state index contributed by atoms with van der Waals surface area (Å²) in [6.45, 7) is 3.75. The first kappa shape index (κ1) is 34.8. The third-order valence-corrected chi connectivity index (χ3v) is 7.96. The van der Waals surface area contributed by atoms with Crippen LogP contribution < -0.4 is 36.3 Å². The Kier molecular flexibility index (Phi) is 18.1. The number of thiazole rings is 1. The van der Waals surface area contributed by atoms with Crippen molar-refractivity contribution in [1.82, 2.24) is 0 Å². The maximum absolute atomic E-state index is 12.8. The number of benzene rings is 2. The average molecular weight is 646 g/mol. The van der Waals surface area contributed by atoms with Crippen molar-refractivity contribution in [3.05, 3.63) is 70.7 Å². The lowest BCUT2D eigenvalue weighted by Crippen LogP contribution is -3.00. The van der Waals surface area contributed by atoms with Crippen LogP contribution in [-0.4, -0.2) is 19.6 Å². The first-order chi connectivity index (χ1) is 19.7. The zero-order valence-corrected chi connectivity index (χ0v) is 27.4. The SMILES string of the molecule is CCCCCCCCCCCCCCCCOc1ccc(NC(=O)c2ccc(C[n+]3ccsc3)cc2)cc1OC.[Br-]. The van der Waals surface area contributed by atoms with E-state index in [1.165, 1.54) is 83.5 Å². The molecule has 1 N–H and O–H groups in total. The molecule has 0 saturated carbocycles. The lowest BCUT2D eigenvalue weighted by Gasteiger charge is -2.13. The molecular formula is C34H49BrN2O3S. The smallest absolute Gasteiger partial charge is 0.255 e. The zero-order valence-electron chi connectivity index (χ0n) is 25.0. The maximum atomic E-state index is 12.8. The Labute approximate surface area is 262 Å². The van der Waals surface area contributed by atoms with Gasteiger partial charge in [0.05, 0.1) is 19.1 Å². The molecule has 0 aliphatic carbocycles. The van der Waals surface area contributed by atoms with Gasteiger partial charge in [-0.25, -0.2) is 0 Å². The summed E-state index contributed by atoms with van der Waals surface area (Å²) >= 11 is 1.66. The number of unbranched alkanes of at least 4 members (excludes halogenated alkanes) is 13. The third-order valence-electron chi connectivity index (χ3n) is 7.29. The topological polar surface area (TPSA) is 51.4 Å². The molecule has 7 heteroatoms. The van der Waals surface area contributed by atoms with Crippen molar-refractivity contribution in [2.45, 2.75) is 103 Å². The molecule has 0 atom stereocenters. The first-order valence-electron chi connectivity index (χ1n) is 15.3. The monoisotopic (exact) mass is 644 g/mol. The number of amides is 1. The third kappa shape index (κ3) is 13.9. The number of anilines is 1. The van der Waals surface area contributed by atoms with Crippen LogP contribution in [0.5, 0.6) is 11.5 Å². The highest BCUT2D eigenvalue weighted by Gasteiger charge is 2.11. The van der Waals surface area contributed by atoms with Crippen LogP contribution >= 0.6 is 11.3 Å². The van der Waals surface area contributed by atoms with Gasteiger partial charge in [-0.3, -0.25) is 4.79 Å². The number of nitrogens with zero attached hydrogens (tertiary/aromatic N) is 1. The van der Waals surface area contributed by atoms with Crippen molar-refractivity contribution in [1.29, 1.82) is 0 Å². The summed E-state index contributed by atoms with van der Waals surface area (Å²) in [7, 11) is 1.63. The van der Waals surface area contributed by atoms with E-state index >= 15 is 0 Å². The standard InChI is InChI=1S/C34H48N2O3S.BrH/c1-3-4-5-6-7-8-9-10-11-12-13-14-15-16-24-39-32-22-21-31(26-33(32)38-2)35-34(37)30-19-17-29(18-20-30)27-36-23-25-40-28-36;/h17-23,25-26,28H,3-16,24,27H2,1-2H3;1H. The van der Waals surface area contributed by atoms with Gasteiger partial charge < -0.3 is 31.8 Å². The lowest BCUT2D eigenvalue weighted by atomic mass is 10.0. The Morgan fingerprint density at radius 3 is 1.98 bits per heavy atom. The molecule has 1 aromatic heterocycles. The molecule has 1 heterocycles. The van der Waals surface area contributed by atoms with Gasteiger partial charge in [-0.15, -0.1) is 0 Å². The highest BCUT2D eigenvalue weighted by atomic mass is 79.9. The summed E-state index contributed by atoms with van der Waals surface area (Å²) < 4.78 is 13.7. The summed E-state index contributed by atoms with van der Waals surface area (Å²) in [6.07, 6.45) is 20.8. The Morgan fingerprint density at radius 2 is 1.41 bits per heavy atom. The number of methoxy groups -OCH3 is 1. The van der Waals surface area contributed by atoms with Gasteiger partial charge in [0.15, 0.2) is 24.2 Å². The Bertz CT molecular complexity index is 1090. The van der Waals surface area contributed by atoms with Gasteiger partial charge in [-0.1, -0.05) is 114 Å². The van der Waals surface area contributed by atoms with E-state index in [1.807, 2.05) is 54.0 Å². The zero-order chi connectivity index (χ0) is 28.3. The molecule has 0 saturated heterocycles. The average Bonchev–Trinajstić information content (AvgIpc) is 3.49. The quantitative estimate of drug-likeness (QED) is 0.111. The van der Waals surface area contributed by atoms with Gasteiger partial charge in [-0.05, 0) is 30.7 Å². The fourth-order valence-corrected chi connectivity index (χ4v) is 5.47. The highest BCUT2D eigenvalue weighted by Crippen LogP contribution is 2.30. The van der Waals surface area contributed by atoms with Crippen molar-refractivity contribution < 1.29 is 35.8 Å². The van der Waals surface area contributed by atoms with Crippen LogP contribution in [0.2, 0.25) is 0 Å². The number of aromatic nitrogens is 1. The molecular weight excluding hydrogens is 596 g/mol. The maximum Gasteiger partial charge on any atom is 0.255 e. The number of nitrogens with one attached hydrogen (secondary N) is 1. The molecule has 3 rings (SSSR count). The lowest BCUT2D eigenvalue weighted by molar-refractivity contribution is -0.683. The fourth-order valence-electron chi connectivity index (χ4n) is 4.87. The molecule has 5 nitrogen and oxygen atoms in total. The van der Waals surface area contributed by atoms with Gasteiger partial charge in [0.1, 0.15) is 0 Å². The predicted octanol–water partition coefficient (Wildman–Crippen LogP) is 6.21. The van der Waals surface area contributed by atoms with Crippen molar-refractivity contribution in [3.63, 3.8) is 0 Å². The number of hydrogen-bond acceptors (Lipinski definition) is 4. The number of carbonyl (C=O) groups is 1. The van der Waals surface area contributed by atoms with Crippen molar-refractivity contribution >= 4 is 22.9 Å². The number of halogens is 1. The largest absolute Gasteiger partial charge is 1.00 e. The van der Waals surface area contributed by atoms with Gasteiger partial charge in [-0.2, -0.15) is 4.57 Å². The van der Waals surface area contributed by atoms with Gasteiger partial charge in [0, 0.05) is 22.9 Å². The van der Waals surface area contributed by atoms with E-state index in [0.29, 0.717) is 29.4 Å². The number of rotatable bonds is 21. The van der Waals surface area contributed by atoms with Crippen molar-refractivity contribution in [2.75, 3.05) is 19.0 Å². The van der Waals surface area contributed by atoms with Gasteiger partial charge in [0.25, 0.3) is 5.91 Å². The van der Waals surface area contributed by atoms with Crippen LogP contribution in [0.25, 0.3) is 0 Å². The molecule has 226 valence electrons. The molecule has 1 amide bonds. The molecule has 3 aromatic rings. The second-order valence-electron chi connectivity index (χ2n) is 10.7. The van der Waals surface area contributed by atoms with E-state index in [2.05, 4.69) is 22.3 Å². The van der Waals surface area contributed by atoms with Crippen molar-refractivity contribution in [3.8, 4) is 11.5 Å². The molecule has 0 unspecified atom stereocenters. The minimum absolute atomic E-state index is 0. The predicted molar refractivity (Wildman–Crippen MR) is 167 cm³/mol. The van der Waals surface area contributed by atoms with Crippen LogP contribution in [0.15, 0.2) is 59.6 Å². The number of hydrogen-bond donors (Lipinski definition) is 1. The fraction of sp³-hybridized carbons (Fsp3) is 0.529. The minimum atomic E-state index is -0.145. The summed E-state index contributed by atoms with van der Waals surface area (Å²) in [4.78, 5) is 12.8. The van der Waals surface area contributed by atoms with Crippen molar-refractivity contribution in [2.24, 2.45) is 0 Å².